The molecule has 0 atom stereocenters. The molecule has 1 saturated heterocycles. The van der Waals surface area contributed by atoms with E-state index in [2.05, 4.69) is 0 Å². The summed E-state index contributed by atoms with van der Waals surface area (Å²) in [4.78, 5) is 14.3. The number of carbonyl (C=O) groups excluding carboxylic acids is 1. The zero-order valence-electron chi connectivity index (χ0n) is 11.1. The predicted molar refractivity (Wildman–Crippen MR) is 93.5 cm³/mol. The minimum absolute atomic E-state index is 0.277. The van der Waals surface area contributed by atoms with Crippen LogP contribution in [0.3, 0.4) is 0 Å². The summed E-state index contributed by atoms with van der Waals surface area (Å²) in [6.07, 6.45) is 1.51. The number of thiocarbonyl (C=S) groups is 1. The molecule has 0 N–H and O–H groups in total. The summed E-state index contributed by atoms with van der Waals surface area (Å²) in [6.45, 7) is 0. The average Bonchev–Trinajstić information content (AvgIpc) is 2.76. The third-order valence-corrected chi connectivity index (χ3v) is 4.59. The summed E-state index contributed by atoms with van der Waals surface area (Å²) >= 11 is 12.4. The van der Waals surface area contributed by atoms with Gasteiger partial charge in [0.15, 0.2) is 4.32 Å². The molecule has 2 aromatic rings. The van der Waals surface area contributed by atoms with Crippen LogP contribution in [0, 0.1) is 5.82 Å². The van der Waals surface area contributed by atoms with Crippen molar-refractivity contribution >= 4 is 57.6 Å². The van der Waals surface area contributed by atoms with Gasteiger partial charge >= 0.3 is 0 Å². The Kier molecular flexibility index (Phi) is 4.29. The molecule has 3 rings (SSSR count). The Balaban J connectivity index is 1.97. The van der Waals surface area contributed by atoms with Gasteiger partial charge in [-0.25, -0.2) is 4.39 Å². The van der Waals surface area contributed by atoms with Crippen LogP contribution in [0.2, 0.25) is 5.02 Å². The van der Waals surface area contributed by atoms with Gasteiger partial charge in [-0.15, -0.1) is 0 Å². The zero-order chi connectivity index (χ0) is 15.7. The van der Waals surface area contributed by atoms with Crippen molar-refractivity contribution in [1.29, 1.82) is 0 Å². The van der Waals surface area contributed by atoms with Gasteiger partial charge in [0.1, 0.15) is 5.82 Å². The molecule has 1 amide bonds. The van der Waals surface area contributed by atoms with Gasteiger partial charge in [0.25, 0.3) is 5.91 Å². The summed E-state index contributed by atoms with van der Waals surface area (Å²) in [5, 5.41) is 0.518. The predicted octanol–water partition coefficient (Wildman–Crippen LogP) is 4.88. The second-order valence-corrected chi connectivity index (χ2v) is 6.63. The lowest BCUT2D eigenvalue weighted by atomic mass is 10.2. The lowest BCUT2D eigenvalue weighted by Crippen LogP contribution is -2.27. The molecule has 1 aliphatic heterocycles. The van der Waals surface area contributed by atoms with Gasteiger partial charge in [0, 0.05) is 10.6 Å². The highest BCUT2D eigenvalue weighted by atomic mass is 35.5. The van der Waals surface area contributed by atoms with Gasteiger partial charge in [-0.1, -0.05) is 59.8 Å². The smallest absolute Gasteiger partial charge is 0.268 e. The van der Waals surface area contributed by atoms with Crippen LogP contribution in [0.15, 0.2) is 53.4 Å². The van der Waals surface area contributed by atoms with E-state index in [0.29, 0.717) is 25.5 Å². The molecule has 0 bridgehead atoms. The molecule has 2 nitrogen and oxygen atoms in total. The van der Waals surface area contributed by atoms with Gasteiger partial charge in [-0.3, -0.25) is 9.69 Å². The number of carbonyl (C=O) groups is 1. The van der Waals surface area contributed by atoms with E-state index in [9.17, 15) is 9.18 Å². The van der Waals surface area contributed by atoms with Crippen LogP contribution in [-0.2, 0) is 4.79 Å². The Morgan fingerprint density at radius 1 is 1.18 bits per heavy atom. The van der Waals surface area contributed by atoms with E-state index in [1.807, 2.05) is 0 Å². The highest BCUT2D eigenvalue weighted by molar-refractivity contribution is 8.27. The van der Waals surface area contributed by atoms with Crippen molar-refractivity contribution in [2.75, 3.05) is 4.90 Å². The number of halogens is 2. The first-order chi connectivity index (χ1) is 10.6. The van der Waals surface area contributed by atoms with Crippen molar-refractivity contribution in [2.24, 2.45) is 0 Å². The second kappa shape index (κ2) is 6.20. The number of nitrogens with zero attached hydrogens (tertiary/aromatic N) is 1. The van der Waals surface area contributed by atoms with E-state index < -0.39 is 0 Å². The Hall–Kier alpha value is -1.69. The van der Waals surface area contributed by atoms with Crippen molar-refractivity contribution in [3.63, 3.8) is 0 Å². The highest BCUT2D eigenvalue weighted by Gasteiger charge is 2.33. The van der Waals surface area contributed by atoms with Crippen molar-refractivity contribution in [3.8, 4) is 0 Å². The first-order valence-corrected chi connectivity index (χ1v) is 7.94. The van der Waals surface area contributed by atoms with Crippen LogP contribution < -0.4 is 4.90 Å². The molecule has 0 unspecified atom stereocenters. The van der Waals surface area contributed by atoms with E-state index in [1.165, 1.54) is 17.0 Å². The van der Waals surface area contributed by atoms with E-state index in [1.54, 1.807) is 42.5 Å². The van der Waals surface area contributed by atoms with Crippen molar-refractivity contribution < 1.29 is 9.18 Å². The normalized spacial score (nSPS) is 16.6. The van der Waals surface area contributed by atoms with Crippen molar-refractivity contribution in [3.05, 3.63) is 69.8 Å². The third kappa shape index (κ3) is 2.92. The number of anilines is 1. The number of hydrogen-bond acceptors (Lipinski definition) is 3. The minimum atomic E-state index is -0.379. The van der Waals surface area contributed by atoms with Crippen LogP contribution in [0.4, 0.5) is 10.1 Å². The van der Waals surface area contributed by atoms with E-state index in [0.717, 1.165) is 11.8 Å². The number of amides is 1. The fourth-order valence-corrected chi connectivity index (χ4v) is 3.51. The molecule has 2 aromatic carbocycles. The van der Waals surface area contributed by atoms with Crippen LogP contribution in [0.5, 0.6) is 0 Å². The van der Waals surface area contributed by atoms with Crippen LogP contribution in [-0.4, -0.2) is 10.2 Å². The van der Waals surface area contributed by atoms with Gasteiger partial charge < -0.3 is 0 Å². The molecule has 1 heterocycles. The molecule has 0 aromatic heterocycles. The highest BCUT2D eigenvalue weighted by Crippen LogP contribution is 2.36. The lowest BCUT2D eigenvalue weighted by Gasteiger charge is -2.14. The van der Waals surface area contributed by atoms with Gasteiger partial charge in [-0.2, -0.15) is 0 Å². The molecule has 1 aliphatic rings. The molecular formula is C16H9ClFNOS2. The van der Waals surface area contributed by atoms with E-state index >= 15 is 0 Å². The lowest BCUT2D eigenvalue weighted by molar-refractivity contribution is -0.113. The van der Waals surface area contributed by atoms with Gasteiger partial charge in [0.2, 0.25) is 0 Å². The van der Waals surface area contributed by atoms with Gasteiger partial charge in [0.05, 0.1) is 10.6 Å². The molecule has 6 heteroatoms. The fraction of sp³-hybridized carbons (Fsp3) is 0. The maximum Gasteiger partial charge on any atom is 0.270 e. The summed E-state index contributed by atoms with van der Waals surface area (Å²) in [7, 11) is 0. The Morgan fingerprint density at radius 3 is 2.68 bits per heavy atom. The minimum Gasteiger partial charge on any atom is -0.268 e. The first kappa shape index (κ1) is 15.2. The standard InChI is InChI=1S/C16H9ClFNOS2/c17-11-5-3-6-12(9-11)19-15(20)14(22-16(19)21)8-10-4-1-2-7-13(10)18/h1-9H. The molecule has 110 valence electrons. The third-order valence-electron chi connectivity index (χ3n) is 3.05. The molecule has 0 saturated carbocycles. The topological polar surface area (TPSA) is 20.3 Å². The van der Waals surface area contributed by atoms with Crippen molar-refractivity contribution in [1.82, 2.24) is 0 Å². The SMILES string of the molecule is O=C1C(=Cc2ccccc2F)SC(=S)N1c1cccc(Cl)c1. The summed E-state index contributed by atoms with van der Waals surface area (Å²) in [5.74, 6) is -0.656. The first-order valence-electron chi connectivity index (χ1n) is 6.34. The Labute approximate surface area is 141 Å². The number of thioether (sulfide) groups is 1. The summed E-state index contributed by atoms with van der Waals surface area (Å²) in [6, 6.07) is 13.2. The fourth-order valence-electron chi connectivity index (χ4n) is 2.04. The van der Waals surface area contributed by atoms with E-state index in [4.69, 9.17) is 23.8 Å². The Bertz CT molecular complexity index is 806. The van der Waals surface area contributed by atoms with Gasteiger partial charge in [-0.05, 0) is 30.3 Å². The number of hydrogen-bond donors (Lipinski definition) is 0. The van der Waals surface area contributed by atoms with Crippen LogP contribution in [0.25, 0.3) is 6.08 Å². The molecule has 1 fully saturated rings. The van der Waals surface area contributed by atoms with E-state index in [-0.39, 0.29) is 11.7 Å². The Morgan fingerprint density at radius 2 is 1.95 bits per heavy atom. The molecule has 22 heavy (non-hydrogen) atoms. The van der Waals surface area contributed by atoms with Crippen LogP contribution in [0.1, 0.15) is 5.56 Å². The monoisotopic (exact) mass is 349 g/mol. The molecular weight excluding hydrogens is 341 g/mol. The quantitative estimate of drug-likeness (QED) is 0.569. The number of benzene rings is 2. The summed E-state index contributed by atoms with van der Waals surface area (Å²) < 4.78 is 14.1. The van der Waals surface area contributed by atoms with Crippen molar-refractivity contribution in [2.45, 2.75) is 0 Å². The zero-order valence-corrected chi connectivity index (χ0v) is 13.5. The molecule has 0 radical (unpaired) electrons. The molecule has 0 aliphatic carbocycles. The summed E-state index contributed by atoms with van der Waals surface area (Å²) in [5.41, 5.74) is 0.959. The largest absolute Gasteiger partial charge is 0.270 e. The second-order valence-electron chi connectivity index (χ2n) is 4.52. The maximum absolute atomic E-state index is 13.7. The average molecular weight is 350 g/mol. The number of rotatable bonds is 2. The van der Waals surface area contributed by atoms with Crippen LogP contribution >= 0.6 is 35.6 Å². The maximum atomic E-state index is 13.7. The molecule has 0 spiro atoms.